The second-order valence-corrected chi connectivity index (χ2v) is 9.36. The van der Waals surface area contributed by atoms with Gasteiger partial charge in [-0.2, -0.15) is 0 Å². The van der Waals surface area contributed by atoms with E-state index in [-0.39, 0.29) is 12.0 Å². The summed E-state index contributed by atoms with van der Waals surface area (Å²) in [5.41, 5.74) is 4.15. The number of nitrogens with zero attached hydrogens (tertiary/aromatic N) is 1. The van der Waals surface area contributed by atoms with Gasteiger partial charge in [0.15, 0.2) is 0 Å². The fourth-order valence-electron chi connectivity index (χ4n) is 4.21. The van der Waals surface area contributed by atoms with Crippen LogP contribution in [-0.2, 0) is 16.1 Å². The van der Waals surface area contributed by atoms with Crippen LogP contribution >= 0.6 is 11.8 Å². The molecule has 7 heteroatoms. The summed E-state index contributed by atoms with van der Waals surface area (Å²) in [6.07, 6.45) is 8.14. The van der Waals surface area contributed by atoms with Gasteiger partial charge < -0.3 is 20.1 Å². The lowest BCUT2D eigenvalue weighted by molar-refractivity contribution is -0.113. The SMILES string of the molecule is COc1cnc2cccc(C=C[C@@H]3CC[C@@H](NCc4ccc5c(c4)NC(=O)CS5)CO3)c2c1. The third-order valence-corrected chi connectivity index (χ3v) is 7.12. The monoisotopic (exact) mass is 461 g/mol. The Balaban J connectivity index is 1.15. The van der Waals surface area contributed by atoms with Crippen molar-refractivity contribution >= 4 is 40.3 Å². The maximum Gasteiger partial charge on any atom is 0.234 e. The zero-order valence-corrected chi connectivity index (χ0v) is 19.4. The standard InChI is InChI=1S/C26H27N3O3S/c1-31-21-12-22-18(3-2-4-23(22)28-14-21)6-8-20-9-7-19(15-32-20)27-13-17-5-10-25-24(11-17)29-26(30)16-33-25/h2-6,8,10-12,14,19-20,27H,7,9,13,15-16H2,1H3,(H,29,30)/t19-,20-/m1/s1. The first kappa shape index (κ1) is 21.9. The predicted octanol–water partition coefficient (Wildman–Crippen LogP) is 4.64. The lowest BCUT2D eigenvalue weighted by Crippen LogP contribution is -2.39. The summed E-state index contributed by atoms with van der Waals surface area (Å²) in [4.78, 5) is 17.2. The van der Waals surface area contributed by atoms with Gasteiger partial charge in [-0.05, 0) is 48.2 Å². The van der Waals surface area contributed by atoms with E-state index in [1.54, 1.807) is 25.1 Å². The molecule has 2 aromatic carbocycles. The molecule has 6 nitrogen and oxygen atoms in total. The van der Waals surface area contributed by atoms with E-state index in [1.165, 1.54) is 5.56 Å². The van der Waals surface area contributed by atoms with Gasteiger partial charge in [-0.3, -0.25) is 9.78 Å². The highest BCUT2D eigenvalue weighted by molar-refractivity contribution is 8.00. The van der Waals surface area contributed by atoms with Crippen LogP contribution in [-0.4, -0.2) is 42.5 Å². The number of methoxy groups -OCH3 is 1. The molecular weight excluding hydrogens is 434 g/mol. The summed E-state index contributed by atoms with van der Waals surface area (Å²) in [6, 6.07) is 14.7. The van der Waals surface area contributed by atoms with Crippen LogP contribution in [0.15, 0.2) is 59.6 Å². The van der Waals surface area contributed by atoms with Gasteiger partial charge in [0, 0.05) is 22.9 Å². The van der Waals surface area contributed by atoms with Gasteiger partial charge in [-0.25, -0.2) is 0 Å². The molecule has 2 aliphatic heterocycles. The van der Waals surface area contributed by atoms with Crippen LogP contribution in [0.4, 0.5) is 5.69 Å². The van der Waals surface area contributed by atoms with Gasteiger partial charge in [-0.1, -0.05) is 30.4 Å². The highest BCUT2D eigenvalue weighted by Gasteiger charge is 2.20. The molecule has 3 aromatic rings. The van der Waals surface area contributed by atoms with Crippen LogP contribution in [0.2, 0.25) is 0 Å². The van der Waals surface area contributed by atoms with Crippen LogP contribution in [0.5, 0.6) is 5.75 Å². The summed E-state index contributed by atoms with van der Waals surface area (Å²) < 4.78 is 11.4. The number of pyridine rings is 1. The van der Waals surface area contributed by atoms with Crippen molar-refractivity contribution in [2.45, 2.75) is 36.4 Å². The number of hydrogen-bond donors (Lipinski definition) is 2. The first-order chi connectivity index (χ1) is 16.2. The Labute approximate surface area is 197 Å². The lowest BCUT2D eigenvalue weighted by Gasteiger charge is -2.28. The van der Waals surface area contributed by atoms with E-state index in [0.717, 1.165) is 52.2 Å². The minimum atomic E-state index is 0.0660. The number of fused-ring (bicyclic) bond motifs is 2. The Morgan fingerprint density at radius 1 is 1.27 bits per heavy atom. The summed E-state index contributed by atoms with van der Waals surface area (Å²) in [5, 5.41) is 7.63. The van der Waals surface area contributed by atoms with Crippen molar-refractivity contribution < 1.29 is 14.3 Å². The number of carbonyl (C=O) groups is 1. The number of ether oxygens (including phenoxy) is 2. The molecule has 0 saturated carbocycles. The second kappa shape index (κ2) is 9.95. The smallest absolute Gasteiger partial charge is 0.234 e. The number of aromatic nitrogens is 1. The van der Waals surface area contributed by atoms with E-state index in [1.807, 2.05) is 18.2 Å². The number of hydrogen-bond acceptors (Lipinski definition) is 6. The Bertz CT molecular complexity index is 1190. The highest BCUT2D eigenvalue weighted by Crippen LogP contribution is 2.32. The number of amides is 1. The van der Waals surface area contributed by atoms with Crippen LogP contribution in [0.1, 0.15) is 24.0 Å². The highest BCUT2D eigenvalue weighted by atomic mass is 32.2. The van der Waals surface area contributed by atoms with Crippen LogP contribution in [0.25, 0.3) is 17.0 Å². The lowest BCUT2D eigenvalue weighted by atomic mass is 10.0. The number of thioether (sulfide) groups is 1. The van der Waals surface area contributed by atoms with E-state index in [0.29, 0.717) is 18.4 Å². The average Bonchev–Trinajstić information content (AvgIpc) is 2.86. The van der Waals surface area contributed by atoms with Crippen molar-refractivity contribution in [3.05, 3.63) is 65.9 Å². The largest absolute Gasteiger partial charge is 0.495 e. The molecule has 1 aromatic heterocycles. The normalized spacial score (nSPS) is 20.6. The molecule has 170 valence electrons. The second-order valence-electron chi connectivity index (χ2n) is 8.34. The zero-order chi connectivity index (χ0) is 22.6. The number of anilines is 1. The molecule has 33 heavy (non-hydrogen) atoms. The van der Waals surface area contributed by atoms with Gasteiger partial charge in [0.25, 0.3) is 0 Å². The minimum absolute atomic E-state index is 0.0660. The van der Waals surface area contributed by atoms with Crippen molar-refractivity contribution in [1.29, 1.82) is 0 Å². The summed E-state index contributed by atoms with van der Waals surface area (Å²) in [6.45, 7) is 1.44. The van der Waals surface area contributed by atoms with E-state index in [4.69, 9.17) is 9.47 Å². The number of carbonyl (C=O) groups excluding carboxylic acids is 1. The molecule has 1 saturated heterocycles. The van der Waals surface area contributed by atoms with Crippen molar-refractivity contribution in [2.24, 2.45) is 0 Å². The third kappa shape index (κ3) is 5.21. The average molecular weight is 462 g/mol. The number of rotatable bonds is 6. The quantitative estimate of drug-likeness (QED) is 0.557. The van der Waals surface area contributed by atoms with Crippen molar-refractivity contribution in [3.8, 4) is 5.75 Å². The molecule has 0 aliphatic carbocycles. The predicted molar refractivity (Wildman–Crippen MR) is 133 cm³/mol. The third-order valence-electron chi connectivity index (χ3n) is 6.04. The van der Waals surface area contributed by atoms with Crippen LogP contribution < -0.4 is 15.4 Å². The maximum absolute atomic E-state index is 11.6. The molecule has 0 spiro atoms. The molecule has 2 aliphatic rings. The maximum atomic E-state index is 11.6. The van der Waals surface area contributed by atoms with Crippen molar-refractivity contribution in [1.82, 2.24) is 10.3 Å². The number of benzene rings is 2. The summed E-state index contributed by atoms with van der Waals surface area (Å²) in [7, 11) is 1.66. The summed E-state index contributed by atoms with van der Waals surface area (Å²) in [5.74, 6) is 1.31. The molecule has 1 fully saturated rings. The van der Waals surface area contributed by atoms with Gasteiger partial charge in [0.1, 0.15) is 5.75 Å². The topological polar surface area (TPSA) is 72.5 Å². The van der Waals surface area contributed by atoms with Gasteiger partial charge in [0.05, 0.1) is 43.0 Å². The minimum Gasteiger partial charge on any atom is -0.495 e. The fourth-order valence-corrected chi connectivity index (χ4v) is 5.00. The molecule has 2 N–H and O–H groups in total. The molecule has 0 bridgehead atoms. The zero-order valence-electron chi connectivity index (χ0n) is 18.5. The van der Waals surface area contributed by atoms with Crippen molar-refractivity contribution in [3.63, 3.8) is 0 Å². The Morgan fingerprint density at radius 2 is 2.21 bits per heavy atom. The molecule has 0 unspecified atom stereocenters. The first-order valence-electron chi connectivity index (χ1n) is 11.2. The van der Waals surface area contributed by atoms with E-state index < -0.39 is 0 Å². The van der Waals surface area contributed by atoms with Crippen molar-refractivity contribution in [2.75, 3.05) is 24.8 Å². The summed E-state index contributed by atoms with van der Waals surface area (Å²) >= 11 is 1.59. The van der Waals surface area contributed by atoms with Gasteiger partial charge in [-0.15, -0.1) is 11.8 Å². The Hall–Kier alpha value is -2.87. The number of nitrogens with one attached hydrogen (secondary N) is 2. The van der Waals surface area contributed by atoms with Gasteiger partial charge in [0.2, 0.25) is 5.91 Å². The molecule has 5 rings (SSSR count). The van der Waals surface area contributed by atoms with E-state index in [2.05, 4.69) is 52.0 Å². The fraction of sp³-hybridized carbons (Fsp3) is 0.308. The molecular formula is C26H27N3O3S. The van der Waals surface area contributed by atoms with E-state index in [9.17, 15) is 4.79 Å². The first-order valence-corrected chi connectivity index (χ1v) is 12.2. The molecule has 0 radical (unpaired) electrons. The van der Waals surface area contributed by atoms with E-state index >= 15 is 0 Å². The molecule has 2 atom stereocenters. The van der Waals surface area contributed by atoms with Crippen LogP contribution in [0, 0.1) is 0 Å². The van der Waals surface area contributed by atoms with Crippen LogP contribution in [0.3, 0.4) is 0 Å². The van der Waals surface area contributed by atoms with Gasteiger partial charge >= 0.3 is 0 Å². The Morgan fingerprint density at radius 3 is 3.06 bits per heavy atom. The Kier molecular flexibility index (Phi) is 6.62. The molecule has 3 heterocycles. The molecule has 1 amide bonds.